The number of terminal acetylenes is 1. The summed E-state index contributed by atoms with van der Waals surface area (Å²) >= 11 is 0. The summed E-state index contributed by atoms with van der Waals surface area (Å²) in [5.74, 6) is 2.83. The Kier molecular flexibility index (Phi) is 2.11. The number of carboxylic acid groups (broad SMARTS) is 1. The summed E-state index contributed by atoms with van der Waals surface area (Å²) in [5, 5.41) is 9.11. The summed E-state index contributed by atoms with van der Waals surface area (Å²) in [6.45, 7) is 0. The highest BCUT2D eigenvalue weighted by Gasteiger charge is 2.54. The Morgan fingerprint density at radius 2 is 2.19 bits per heavy atom. The summed E-state index contributed by atoms with van der Waals surface area (Å²) in [5.41, 5.74) is 0. The summed E-state index contributed by atoms with van der Waals surface area (Å²) in [4.78, 5) is 12.5. The Bertz CT molecular complexity index is 358. The van der Waals surface area contributed by atoms with Crippen LogP contribution >= 0.6 is 0 Å². The third-order valence-electron chi connectivity index (χ3n) is 3.91. The van der Waals surface area contributed by atoms with Gasteiger partial charge in [0.15, 0.2) is 0 Å². The molecule has 3 rings (SSSR count). The number of hydrogen-bond donors (Lipinski definition) is 1. The minimum atomic E-state index is -0.889. The van der Waals surface area contributed by atoms with Gasteiger partial charge in [-0.2, -0.15) is 0 Å². The SMILES string of the molecule is C#CC1C2CC(C[C@@H]2OC2CC2)N1C(=O)O. The normalized spacial score (nSPS) is 41.1. The first-order valence-corrected chi connectivity index (χ1v) is 5.83. The van der Waals surface area contributed by atoms with E-state index in [1.807, 2.05) is 0 Å². The molecule has 1 aliphatic heterocycles. The molecule has 16 heavy (non-hydrogen) atoms. The van der Waals surface area contributed by atoms with Gasteiger partial charge in [0.05, 0.1) is 12.2 Å². The van der Waals surface area contributed by atoms with Crippen molar-refractivity contribution in [3.05, 3.63) is 0 Å². The van der Waals surface area contributed by atoms with Gasteiger partial charge in [0, 0.05) is 12.0 Å². The lowest BCUT2D eigenvalue weighted by Gasteiger charge is -2.34. The van der Waals surface area contributed by atoms with E-state index in [9.17, 15) is 4.79 Å². The van der Waals surface area contributed by atoms with Crippen LogP contribution in [-0.2, 0) is 4.74 Å². The molecule has 2 aliphatic carbocycles. The van der Waals surface area contributed by atoms with Crippen molar-refractivity contribution in [1.29, 1.82) is 0 Å². The fourth-order valence-electron chi connectivity index (χ4n) is 3.08. The van der Waals surface area contributed by atoms with E-state index in [4.69, 9.17) is 16.3 Å². The third-order valence-corrected chi connectivity index (χ3v) is 3.91. The lowest BCUT2D eigenvalue weighted by atomic mass is 9.96. The summed E-state index contributed by atoms with van der Waals surface area (Å²) in [6.07, 6.45) is 9.16. The maximum atomic E-state index is 11.1. The van der Waals surface area contributed by atoms with E-state index in [1.165, 1.54) is 4.90 Å². The molecule has 0 spiro atoms. The molecule has 1 amide bonds. The highest BCUT2D eigenvalue weighted by molar-refractivity contribution is 5.67. The monoisotopic (exact) mass is 221 g/mol. The number of fused-ring (bicyclic) bond motifs is 2. The van der Waals surface area contributed by atoms with Crippen molar-refractivity contribution >= 4 is 6.09 Å². The van der Waals surface area contributed by atoms with Crippen LogP contribution in [0.3, 0.4) is 0 Å². The largest absolute Gasteiger partial charge is 0.465 e. The van der Waals surface area contributed by atoms with Crippen molar-refractivity contribution in [2.24, 2.45) is 5.92 Å². The fraction of sp³-hybridized carbons (Fsp3) is 0.750. The van der Waals surface area contributed by atoms with Gasteiger partial charge in [-0.15, -0.1) is 6.42 Å². The standard InChI is InChI=1S/C12H15NO3/c1-2-10-9-5-7(13(10)12(14)15)6-11(9)16-8-3-4-8/h1,7-11H,3-6H2,(H,14,15)/t7?,9?,10?,11-/m0/s1. The van der Waals surface area contributed by atoms with Crippen LogP contribution in [0.2, 0.25) is 0 Å². The minimum absolute atomic E-state index is 0.0762. The van der Waals surface area contributed by atoms with E-state index in [-0.39, 0.29) is 24.1 Å². The molecule has 4 nitrogen and oxygen atoms in total. The first-order chi connectivity index (χ1) is 7.70. The molecule has 0 radical (unpaired) electrons. The summed E-state index contributed by atoms with van der Waals surface area (Å²) < 4.78 is 5.90. The van der Waals surface area contributed by atoms with Gasteiger partial charge in [-0.3, -0.25) is 4.90 Å². The Morgan fingerprint density at radius 1 is 1.44 bits per heavy atom. The van der Waals surface area contributed by atoms with Crippen LogP contribution in [-0.4, -0.2) is 40.4 Å². The van der Waals surface area contributed by atoms with Crippen molar-refractivity contribution in [2.45, 2.75) is 50.0 Å². The van der Waals surface area contributed by atoms with Gasteiger partial charge in [0.2, 0.25) is 0 Å². The van der Waals surface area contributed by atoms with Gasteiger partial charge < -0.3 is 9.84 Å². The number of hydrogen-bond acceptors (Lipinski definition) is 2. The molecule has 0 aromatic heterocycles. The molecule has 3 aliphatic rings. The number of amides is 1. The molecular formula is C12H15NO3. The average molecular weight is 221 g/mol. The van der Waals surface area contributed by atoms with Gasteiger partial charge >= 0.3 is 6.09 Å². The number of nitrogens with zero attached hydrogens (tertiary/aromatic N) is 1. The molecule has 4 heteroatoms. The van der Waals surface area contributed by atoms with Crippen LogP contribution in [0.4, 0.5) is 4.79 Å². The maximum Gasteiger partial charge on any atom is 0.408 e. The first kappa shape index (κ1) is 9.98. The second-order valence-corrected chi connectivity index (χ2v) is 4.96. The molecule has 0 aromatic rings. The van der Waals surface area contributed by atoms with Crippen LogP contribution in [0.5, 0.6) is 0 Å². The molecule has 2 saturated carbocycles. The van der Waals surface area contributed by atoms with Gasteiger partial charge in [0.25, 0.3) is 0 Å². The first-order valence-electron chi connectivity index (χ1n) is 5.83. The van der Waals surface area contributed by atoms with E-state index >= 15 is 0 Å². The second kappa shape index (κ2) is 3.39. The second-order valence-electron chi connectivity index (χ2n) is 4.96. The quantitative estimate of drug-likeness (QED) is 0.715. The minimum Gasteiger partial charge on any atom is -0.465 e. The highest BCUT2D eigenvalue weighted by atomic mass is 16.5. The number of piperidine rings is 1. The Labute approximate surface area is 94.6 Å². The lowest BCUT2D eigenvalue weighted by Crippen LogP contribution is -2.48. The van der Waals surface area contributed by atoms with E-state index in [2.05, 4.69) is 5.92 Å². The van der Waals surface area contributed by atoms with Gasteiger partial charge in [-0.1, -0.05) is 5.92 Å². The molecule has 1 saturated heterocycles. The zero-order chi connectivity index (χ0) is 11.3. The Balaban J connectivity index is 1.74. The van der Waals surface area contributed by atoms with Gasteiger partial charge in [-0.25, -0.2) is 4.79 Å². The van der Waals surface area contributed by atoms with Crippen molar-refractivity contribution < 1.29 is 14.6 Å². The topological polar surface area (TPSA) is 49.8 Å². The lowest BCUT2D eigenvalue weighted by molar-refractivity contribution is -0.0181. The summed E-state index contributed by atoms with van der Waals surface area (Å²) in [6, 6.07) is -0.202. The zero-order valence-electron chi connectivity index (χ0n) is 9.00. The highest BCUT2D eigenvalue weighted by Crippen LogP contribution is 2.45. The van der Waals surface area contributed by atoms with Crippen LogP contribution in [0.15, 0.2) is 0 Å². The molecule has 1 heterocycles. The predicted molar refractivity (Wildman–Crippen MR) is 56.9 cm³/mol. The molecule has 3 fully saturated rings. The smallest absolute Gasteiger partial charge is 0.408 e. The van der Waals surface area contributed by atoms with Crippen molar-refractivity contribution in [2.75, 3.05) is 0 Å². The van der Waals surface area contributed by atoms with Crippen LogP contribution < -0.4 is 0 Å². The van der Waals surface area contributed by atoms with Crippen LogP contribution in [0.1, 0.15) is 25.7 Å². The molecule has 3 unspecified atom stereocenters. The molecule has 2 bridgehead atoms. The van der Waals surface area contributed by atoms with E-state index in [0.29, 0.717) is 6.10 Å². The van der Waals surface area contributed by atoms with Gasteiger partial charge in [-0.05, 0) is 25.7 Å². The predicted octanol–water partition coefficient (Wildman–Crippen LogP) is 1.31. The zero-order valence-corrected chi connectivity index (χ0v) is 9.00. The number of ether oxygens (including phenoxy) is 1. The summed E-state index contributed by atoms with van der Waals surface area (Å²) in [7, 11) is 0. The molecule has 4 atom stereocenters. The van der Waals surface area contributed by atoms with E-state index < -0.39 is 6.09 Å². The molecular weight excluding hydrogens is 206 g/mol. The van der Waals surface area contributed by atoms with Crippen molar-refractivity contribution in [3.8, 4) is 12.3 Å². The van der Waals surface area contributed by atoms with E-state index in [1.54, 1.807) is 0 Å². The van der Waals surface area contributed by atoms with Crippen molar-refractivity contribution in [1.82, 2.24) is 4.90 Å². The van der Waals surface area contributed by atoms with Crippen molar-refractivity contribution in [3.63, 3.8) is 0 Å². The number of carbonyl (C=O) groups is 1. The molecule has 0 aromatic carbocycles. The van der Waals surface area contributed by atoms with E-state index in [0.717, 1.165) is 25.7 Å². The fourth-order valence-corrected chi connectivity index (χ4v) is 3.08. The Morgan fingerprint density at radius 3 is 2.75 bits per heavy atom. The Hall–Kier alpha value is -1.21. The maximum absolute atomic E-state index is 11.1. The number of rotatable bonds is 2. The third kappa shape index (κ3) is 1.39. The average Bonchev–Trinajstić information content (AvgIpc) is 2.86. The number of likely N-dealkylation sites (tertiary alicyclic amines) is 1. The molecule has 86 valence electrons. The van der Waals surface area contributed by atoms with Gasteiger partial charge in [0.1, 0.15) is 6.04 Å². The van der Waals surface area contributed by atoms with Crippen LogP contribution in [0, 0.1) is 18.3 Å². The molecule has 1 N–H and O–H groups in total. The van der Waals surface area contributed by atoms with Crippen LogP contribution in [0.25, 0.3) is 0 Å².